The Hall–Kier alpha value is -2.74. The van der Waals surface area contributed by atoms with Crippen molar-refractivity contribution in [2.45, 2.75) is 13.3 Å². The minimum atomic E-state index is -0.588. The quantitative estimate of drug-likeness (QED) is 0.484. The molecule has 0 unspecified atom stereocenters. The number of hydrogen-bond acceptors (Lipinski definition) is 6. The molecule has 3 aromatic rings. The van der Waals surface area contributed by atoms with E-state index in [0.29, 0.717) is 33.5 Å². The average Bonchev–Trinajstić information content (AvgIpc) is 3.06. The Labute approximate surface area is 196 Å². The van der Waals surface area contributed by atoms with Crippen LogP contribution >= 0.6 is 23.2 Å². The molecule has 4 rings (SSSR count). The number of primary amides is 1. The first-order valence-electron chi connectivity index (χ1n) is 10.6. The molecule has 0 spiro atoms. The number of pyridine rings is 1. The molecule has 1 saturated heterocycles. The van der Waals surface area contributed by atoms with Gasteiger partial charge in [0.15, 0.2) is 0 Å². The molecule has 1 aliphatic rings. The molecule has 1 amide bonds. The minimum absolute atomic E-state index is 0.265. The summed E-state index contributed by atoms with van der Waals surface area (Å²) in [6.45, 7) is 6.08. The van der Waals surface area contributed by atoms with Gasteiger partial charge < -0.3 is 26.0 Å². The molecule has 0 saturated carbocycles. The van der Waals surface area contributed by atoms with Gasteiger partial charge in [0, 0.05) is 37.3 Å². The van der Waals surface area contributed by atoms with Gasteiger partial charge in [-0.1, -0.05) is 29.3 Å². The Balaban J connectivity index is 1.91. The van der Waals surface area contributed by atoms with E-state index in [-0.39, 0.29) is 5.56 Å². The fourth-order valence-electron chi connectivity index (χ4n) is 3.87. The first-order chi connectivity index (χ1) is 15.5. The molecule has 9 heteroatoms. The highest BCUT2D eigenvalue weighted by molar-refractivity contribution is 6.43. The van der Waals surface area contributed by atoms with Crippen LogP contribution in [0.2, 0.25) is 10.0 Å². The number of hydrogen-bond donors (Lipinski definition) is 3. The number of nitrogens with one attached hydrogen (secondary N) is 2. The van der Waals surface area contributed by atoms with Gasteiger partial charge in [0.05, 0.1) is 44.8 Å². The number of carbonyl (C=O) groups excluding carboxylic acids is 1. The third-order valence-electron chi connectivity index (χ3n) is 5.41. The highest BCUT2D eigenvalue weighted by Crippen LogP contribution is 2.40. The highest BCUT2D eigenvalue weighted by atomic mass is 35.5. The van der Waals surface area contributed by atoms with Crippen molar-refractivity contribution in [3.05, 3.63) is 52.1 Å². The van der Waals surface area contributed by atoms with Crippen molar-refractivity contribution in [1.82, 2.24) is 10.3 Å². The van der Waals surface area contributed by atoms with Gasteiger partial charge in [-0.3, -0.25) is 9.78 Å². The maximum Gasteiger partial charge on any atom is 0.252 e. The van der Waals surface area contributed by atoms with E-state index >= 15 is 0 Å². The molecule has 1 fully saturated rings. The molecule has 0 aliphatic carbocycles. The zero-order valence-electron chi connectivity index (χ0n) is 17.8. The fraction of sp³-hybridized carbons (Fsp3) is 0.304. The number of fused-ring (bicyclic) bond motifs is 1. The molecule has 7 nitrogen and oxygen atoms in total. The summed E-state index contributed by atoms with van der Waals surface area (Å²) in [6, 6.07) is 9.19. The molecule has 168 valence electrons. The van der Waals surface area contributed by atoms with Gasteiger partial charge in [-0.2, -0.15) is 0 Å². The number of ether oxygens (including phenoxy) is 1. The van der Waals surface area contributed by atoms with Crippen LogP contribution in [0, 0.1) is 0 Å². The van der Waals surface area contributed by atoms with Crippen LogP contribution < -0.4 is 26.0 Å². The molecule has 1 aliphatic heterocycles. The number of halogens is 2. The third-order valence-corrected chi connectivity index (χ3v) is 6.22. The van der Waals surface area contributed by atoms with Crippen LogP contribution in [-0.2, 0) is 0 Å². The predicted octanol–water partition coefficient (Wildman–Crippen LogP) is 4.58. The molecule has 2 heterocycles. The Morgan fingerprint density at radius 3 is 2.91 bits per heavy atom. The van der Waals surface area contributed by atoms with Crippen molar-refractivity contribution < 1.29 is 9.53 Å². The molecule has 4 N–H and O–H groups in total. The third kappa shape index (κ3) is 4.55. The summed E-state index contributed by atoms with van der Waals surface area (Å²) < 4.78 is 5.96. The lowest BCUT2D eigenvalue weighted by Crippen LogP contribution is -2.28. The van der Waals surface area contributed by atoms with Gasteiger partial charge in [0.25, 0.3) is 5.91 Å². The highest BCUT2D eigenvalue weighted by Gasteiger charge is 2.21. The van der Waals surface area contributed by atoms with Crippen molar-refractivity contribution in [3.8, 4) is 5.75 Å². The molecular formula is C23H25Cl2N5O2. The molecule has 32 heavy (non-hydrogen) atoms. The van der Waals surface area contributed by atoms with Gasteiger partial charge >= 0.3 is 0 Å². The number of carbonyl (C=O) groups is 1. The van der Waals surface area contributed by atoms with E-state index < -0.39 is 5.91 Å². The maximum absolute atomic E-state index is 12.2. The standard InChI is InChI=1S/C23H25Cl2N5O2/c1-2-32-20-12-18-14(11-19(20)30-9-4-7-27-8-10-30)22(15(13-28-18)23(26)31)29-17-6-3-5-16(24)21(17)25/h3,5-6,11-13,27H,2,4,7-10H2,1H3,(H2,26,31)(H,28,29). The smallest absolute Gasteiger partial charge is 0.252 e. The van der Waals surface area contributed by atoms with Crippen molar-refractivity contribution in [2.75, 3.05) is 43.0 Å². The summed E-state index contributed by atoms with van der Waals surface area (Å²) >= 11 is 12.6. The lowest BCUT2D eigenvalue weighted by molar-refractivity contribution is 0.100. The van der Waals surface area contributed by atoms with E-state index in [1.165, 1.54) is 6.20 Å². The topological polar surface area (TPSA) is 92.5 Å². The lowest BCUT2D eigenvalue weighted by atomic mass is 10.1. The van der Waals surface area contributed by atoms with Gasteiger partial charge in [0.2, 0.25) is 0 Å². The second-order valence-corrected chi connectivity index (χ2v) is 8.28. The second-order valence-electron chi connectivity index (χ2n) is 7.50. The number of amides is 1. The molecule has 0 radical (unpaired) electrons. The van der Waals surface area contributed by atoms with Crippen molar-refractivity contribution in [3.63, 3.8) is 0 Å². The second kappa shape index (κ2) is 9.81. The Bertz CT molecular complexity index is 1150. The summed E-state index contributed by atoms with van der Waals surface area (Å²) in [6.07, 6.45) is 2.49. The van der Waals surface area contributed by atoms with Crippen molar-refractivity contribution in [1.29, 1.82) is 0 Å². The van der Waals surface area contributed by atoms with Crippen molar-refractivity contribution in [2.24, 2.45) is 5.73 Å². The minimum Gasteiger partial charge on any atom is -0.492 e. The van der Waals surface area contributed by atoms with Gasteiger partial charge in [-0.25, -0.2) is 0 Å². The molecule has 0 bridgehead atoms. The molecule has 2 aromatic carbocycles. The summed E-state index contributed by atoms with van der Waals surface area (Å²) in [5, 5.41) is 8.20. The zero-order valence-corrected chi connectivity index (χ0v) is 19.3. The van der Waals surface area contributed by atoms with Crippen molar-refractivity contribution >= 4 is 57.1 Å². The summed E-state index contributed by atoms with van der Waals surface area (Å²) in [4.78, 5) is 19.0. The van der Waals surface area contributed by atoms with Gasteiger partial charge in [-0.15, -0.1) is 0 Å². The van der Waals surface area contributed by atoms with E-state index in [1.807, 2.05) is 19.1 Å². The van der Waals surface area contributed by atoms with E-state index in [4.69, 9.17) is 33.7 Å². The Kier molecular flexibility index (Phi) is 6.89. The van der Waals surface area contributed by atoms with E-state index in [1.54, 1.807) is 18.2 Å². The SMILES string of the molecule is CCOc1cc2ncc(C(N)=O)c(Nc3cccc(Cl)c3Cl)c2cc1N1CCCNCC1. The molecule has 0 atom stereocenters. The fourth-order valence-corrected chi connectivity index (χ4v) is 4.22. The zero-order chi connectivity index (χ0) is 22.7. The van der Waals surface area contributed by atoms with Gasteiger partial charge in [-0.05, 0) is 38.1 Å². The lowest BCUT2D eigenvalue weighted by Gasteiger charge is -2.26. The number of rotatable bonds is 6. The normalized spacial score (nSPS) is 14.3. The van der Waals surface area contributed by atoms with Crippen LogP contribution in [-0.4, -0.2) is 43.7 Å². The van der Waals surface area contributed by atoms with E-state index in [0.717, 1.165) is 49.4 Å². The van der Waals surface area contributed by atoms with Crippen LogP contribution in [0.1, 0.15) is 23.7 Å². The van der Waals surface area contributed by atoms with E-state index in [9.17, 15) is 4.79 Å². The first-order valence-corrected chi connectivity index (χ1v) is 11.3. The molecule has 1 aromatic heterocycles. The van der Waals surface area contributed by atoms with E-state index in [2.05, 4.69) is 20.5 Å². The summed E-state index contributed by atoms with van der Waals surface area (Å²) in [7, 11) is 0. The van der Waals surface area contributed by atoms with Crippen LogP contribution in [0.4, 0.5) is 17.1 Å². The summed E-state index contributed by atoms with van der Waals surface area (Å²) in [5.41, 5.74) is 8.68. The van der Waals surface area contributed by atoms with Crippen LogP contribution in [0.3, 0.4) is 0 Å². The van der Waals surface area contributed by atoms with Gasteiger partial charge in [0.1, 0.15) is 5.75 Å². The summed E-state index contributed by atoms with van der Waals surface area (Å²) in [5.74, 6) is 0.169. The number of aromatic nitrogens is 1. The largest absolute Gasteiger partial charge is 0.492 e. The average molecular weight is 474 g/mol. The first kappa shape index (κ1) is 22.5. The Morgan fingerprint density at radius 2 is 2.12 bits per heavy atom. The van der Waals surface area contributed by atoms with Crippen LogP contribution in [0.25, 0.3) is 10.9 Å². The Morgan fingerprint density at radius 1 is 1.28 bits per heavy atom. The number of nitrogens with two attached hydrogens (primary N) is 1. The van der Waals surface area contributed by atoms with Crippen LogP contribution in [0.5, 0.6) is 5.75 Å². The predicted molar refractivity (Wildman–Crippen MR) is 131 cm³/mol. The van der Waals surface area contributed by atoms with Crippen LogP contribution in [0.15, 0.2) is 36.5 Å². The number of nitrogens with zero attached hydrogens (tertiary/aromatic N) is 2. The number of anilines is 3. The maximum atomic E-state index is 12.2. The number of benzene rings is 2. The molecular weight excluding hydrogens is 449 g/mol. The monoisotopic (exact) mass is 473 g/mol.